The van der Waals surface area contributed by atoms with Crippen molar-refractivity contribution in [3.05, 3.63) is 63.6 Å². The molecule has 0 spiro atoms. The maximum atomic E-state index is 13.0. The van der Waals surface area contributed by atoms with E-state index >= 15 is 0 Å². The number of halogens is 2. The maximum Gasteiger partial charge on any atom is 0.261 e. The Bertz CT molecular complexity index is 829. The smallest absolute Gasteiger partial charge is 0.261 e. The average molecular weight is 482 g/mol. The van der Waals surface area contributed by atoms with Crippen molar-refractivity contribution in [3.63, 3.8) is 0 Å². The summed E-state index contributed by atoms with van der Waals surface area (Å²) in [5.74, 6) is 0.0859. The van der Waals surface area contributed by atoms with Crippen LogP contribution in [0.1, 0.15) is 32.8 Å². The summed E-state index contributed by atoms with van der Waals surface area (Å²) in [6, 6.07) is 13.9. The summed E-state index contributed by atoms with van der Waals surface area (Å²) >= 11 is 9.32. The molecule has 0 bridgehead atoms. The van der Waals surface area contributed by atoms with Crippen LogP contribution in [0.2, 0.25) is 5.02 Å². The number of nitrogens with one attached hydrogen (secondary N) is 1. The Hall–Kier alpha value is -2.05. The van der Waals surface area contributed by atoms with E-state index in [1.165, 1.54) is 4.90 Å². The molecule has 29 heavy (non-hydrogen) atoms. The molecular weight excluding hydrogens is 456 g/mol. The van der Waals surface area contributed by atoms with E-state index in [1.807, 2.05) is 38.1 Å². The van der Waals surface area contributed by atoms with Gasteiger partial charge in [0.1, 0.15) is 11.8 Å². The van der Waals surface area contributed by atoms with Gasteiger partial charge in [0.15, 0.2) is 6.61 Å². The van der Waals surface area contributed by atoms with Gasteiger partial charge in [-0.1, -0.05) is 46.6 Å². The van der Waals surface area contributed by atoms with Crippen molar-refractivity contribution in [2.24, 2.45) is 0 Å². The molecule has 0 aliphatic heterocycles. The Morgan fingerprint density at radius 3 is 2.48 bits per heavy atom. The summed E-state index contributed by atoms with van der Waals surface area (Å²) in [6.07, 6.45) is 0.817. The normalized spacial score (nSPS) is 12.7. The van der Waals surface area contributed by atoms with E-state index in [0.717, 1.165) is 16.5 Å². The second-order valence-corrected chi connectivity index (χ2v) is 8.24. The van der Waals surface area contributed by atoms with Gasteiger partial charge in [0, 0.05) is 22.1 Å². The van der Waals surface area contributed by atoms with Crippen LogP contribution in [-0.4, -0.2) is 35.4 Å². The van der Waals surface area contributed by atoms with E-state index in [2.05, 4.69) is 21.2 Å². The van der Waals surface area contributed by atoms with E-state index in [-0.39, 0.29) is 24.5 Å². The molecule has 0 aliphatic carbocycles. The van der Waals surface area contributed by atoms with Gasteiger partial charge in [-0.2, -0.15) is 0 Å². The van der Waals surface area contributed by atoms with Crippen molar-refractivity contribution < 1.29 is 14.3 Å². The highest BCUT2D eigenvalue weighted by molar-refractivity contribution is 9.10. The minimum Gasteiger partial charge on any atom is -0.484 e. The molecule has 1 N–H and O–H groups in total. The summed E-state index contributed by atoms with van der Waals surface area (Å²) in [4.78, 5) is 27.2. The highest BCUT2D eigenvalue weighted by atomic mass is 79.9. The third-order valence-corrected chi connectivity index (χ3v) is 5.33. The molecule has 2 aromatic rings. The summed E-state index contributed by atoms with van der Waals surface area (Å²) in [5.41, 5.74) is 0.919. The first kappa shape index (κ1) is 23.2. The van der Waals surface area contributed by atoms with Gasteiger partial charge >= 0.3 is 0 Å². The molecule has 0 saturated carbocycles. The topological polar surface area (TPSA) is 58.6 Å². The van der Waals surface area contributed by atoms with Gasteiger partial charge in [0.05, 0.1) is 0 Å². The molecule has 0 heterocycles. The van der Waals surface area contributed by atoms with Crippen LogP contribution in [0.3, 0.4) is 0 Å². The van der Waals surface area contributed by atoms with Crippen LogP contribution in [0.25, 0.3) is 0 Å². The van der Waals surface area contributed by atoms with Crippen LogP contribution in [0, 0.1) is 0 Å². The molecule has 0 aliphatic rings. The molecule has 2 amide bonds. The Kier molecular flexibility index (Phi) is 8.99. The lowest BCUT2D eigenvalue weighted by atomic mass is 10.1. The van der Waals surface area contributed by atoms with Gasteiger partial charge in [-0.25, -0.2) is 0 Å². The zero-order chi connectivity index (χ0) is 21.4. The molecule has 2 aromatic carbocycles. The quantitative estimate of drug-likeness (QED) is 0.559. The minimum atomic E-state index is -0.635. The van der Waals surface area contributed by atoms with E-state index in [4.69, 9.17) is 16.3 Å². The molecule has 156 valence electrons. The summed E-state index contributed by atoms with van der Waals surface area (Å²) in [5, 5.41) is 3.54. The van der Waals surface area contributed by atoms with Crippen molar-refractivity contribution in [1.29, 1.82) is 0 Å². The number of carbonyl (C=O) groups excluding carboxylic acids is 2. The SMILES string of the molecule is CC[C@H](C)NC(=O)[C@@H](C)N(Cc1cccc(Br)c1)C(=O)COc1ccc(Cl)cc1. The third-order valence-electron chi connectivity index (χ3n) is 4.59. The number of amides is 2. The molecule has 2 rings (SSSR count). The number of rotatable bonds is 9. The molecule has 7 heteroatoms. The predicted octanol–water partition coefficient (Wildman–Crippen LogP) is 4.81. The molecule has 0 radical (unpaired) electrons. The highest BCUT2D eigenvalue weighted by Crippen LogP contribution is 2.18. The first-order chi connectivity index (χ1) is 13.8. The molecule has 0 unspecified atom stereocenters. The minimum absolute atomic E-state index is 0.0399. The van der Waals surface area contributed by atoms with E-state index in [0.29, 0.717) is 17.3 Å². The number of ether oxygens (including phenoxy) is 1. The number of benzene rings is 2. The summed E-state index contributed by atoms with van der Waals surface area (Å²) < 4.78 is 6.52. The molecule has 0 aromatic heterocycles. The Labute approximate surface area is 185 Å². The lowest BCUT2D eigenvalue weighted by Gasteiger charge is -2.29. The lowest BCUT2D eigenvalue weighted by molar-refractivity contribution is -0.142. The molecule has 0 saturated heterocycles. The predicted molar refractivity (Wildman–Crippen MR) is 119 cm³/mol. The number of nitrogens with zero attached hydrogens (tertiary/aromatic N) is 1. The maximum absolute atomic E-state index is 13.0. The van der Waals surface area contributed by atoms with Crippen LogP contribution in [-0.2, 0) is 16.1 Å². The number of hydrogen-bond acceptors (Lipinski definition) is 3. The van der Waals surface area contributed by atoms with E-state index in [9.17, 15) is 9.59 Å². The van der Waals surface area contributed by atoms with Crippen molar-refractivity contribution >= 4 is 39.3 Å². The van der Waals surface area contributed by atoms with Gasteiger partial charge in [0.2, 0.25) is 5.91 Å². The largest absolute Gasteiger partial charge is 0.484 e. The van der Waals surface area contributed by atoms with E-state index in [1.54, 1.807) is 31.2 Å². The first-order valence-electron chi connectivity index (χ1n) is 9.52. The van der Waals surface area contributed by atoms with Crippen LogP contribution < -0.4 is 10.1 Å². The van der Waals surface area contributed by atoms with Gasteiger partial charge in [-0.15, -0.1) is 0 Å². The standard InChI is InChI=1S/C22H26BrClN2O3/c1-4-15(2)25-22(28)16(3)26(13-17-6-5-7-18(23)12-17)21(27)14-29-20-10-8-19(24)9-11-20/h5-12,15-16H,4,13-14H2,1-3H3,(H,25,28)/t15-,16+/m0/s1. The average Bonchev–Trinajstić information content (AvgIpc) is 2.70. The summed E-state index contributed by atoms with van der Waals surface area (Å²) in [7, 11) is 0. The fourth-order valence-corrected chi connectivity index (χ4v) is 3.21. The van der Waals surface area contributed by atoms with Gasteiger partial charge in [-0.3, -0.25) is 9.59 Å². The van der Waals surface area contributed by atoms with Crippen molar-refractivity contribution in [1.82, 2.24) is 10.2 Å². The highest BCUT2D eigenvalue weighted by Gasteiger charge is 2.27. The van der Waals surface area contributed by atoms with Crippen molar-refractivity contribution in [2.45, 2.75) is 45.8 Å². The second-order valence-electron chi connectivity index (χ2n) is 6.89. The van der Waals surface area contributed by atoms with Gasteiger partial charge in [-0.05, 0) is 62.2 Å². The lowest BCUT2D eigenvalue weighted by Crippen LogP contribution is -2.50. The van der Waals surface area contributed by atoms with Crippen molar-refractivity contribution in [2.75, 3.05) is 6.61 Å². The van der Waals surface area contributed by atoms with E-state index < -0.39 is 6.04 Å². The Morgan fingerprint density at radius 1 is 1.17 bits per heavy atom. The Balaban J connectivity index is 2.14. The number of hydrogen-bond donors (Lipinski definition) is 1. The van der Waals surface area contributed by atoms with Crippen LogP contribution in [0.5, 0.6) is 5.75 Å². The molecule has 5 nitrogen and oxygen atoms in total. The van der Waals surface area contributed by atoms with Crippen LogP contribution >= 0.6 is 27.5 Å². The van der Waals surface area contributed by atoms with Crippen LogP contribution in [0.15, 0.2) is 53.0 Å². The van der Waals surface area contributed by atoms with Crippen molar-refractivity contribution in [3.8, 4) is 5.75 Å². The fraction of sp³-hybridized carbons (Fsp3) is 0.364. The molecule has 2 atom stereocenters. The summed E-state index contributed by atoms with van der Waals surface area (Å²) in [6.45, 7) is 5.80. The zero-order valence-corrected chi connectivity index (χ0v) is 19.2. The van der Waals surface area contributed by atoms with Gasteiger partial charge in [0.25, 0.3) is 5.91 Å². The fourth-order valence-electron chi connectivity index (χ4n) is 2.64. The number of carbonyl (C=O) groups is 2. The monoisotopic (exact) mass is 480 g/mol. The van der Waals surface area contributed by atoms with Gasteiger partial charge < -0.3 is 15.0 Å². The van der Waals surface area contributed by atoms with Crippen LogP contribution in [0.4, 0.5) is 0 Å². The molecule has 0 fully saturated rings. The first-order valence-corrected chi connectivity index (χ1v) is 10.7. The molecular formula is C22H26BrClN2O3. The zero-order valence-electron chi connectivity index (χ0n) is 16.8. The Morgan fingerprint density at radius 2 is 1.86 bits per heavy atom. The second kappa shape index (κ2) is 11.2. The third kappa shape index (κ3) is 7.37.